The van der Waals surface area contributed by atoms with Crippen LogP contribution in [0.2, 0.25) is 0 Å². The van der Waals surface area contributed by atoms with E-state index in [2.05, 4.69) is 10.1 Å². The van der Waals surface area contributed by atoms with Gasteiger partial charge in [-0.15, -0.1) is 0 Å². The van der Waals surface area contributed by atoms with Gasteiger partial charge in [-0.25, -0.2) is 4.98 Å². The fourth-order valence-electron chi connectivity index (χ4n) is 3.41. The SMILES string of the molecule is O=C(Cc1cn2ccccc2n1)N1CCC(n2ccc(C(F)(F)F)n2)CC1. The van der Waals surface area contributed by atoms with Crippen molar-refractivity contribution in [1.29, 1.82) is 0 Å². The van der Waals surface area contributed by atoms with Crippen molar-refractivity contribution in [1.82, 2.24) is 24.1 Å². The van der Waals surface area contributed by atoms with Crippen LogP contribution in [-0.4, -0.2) is 43.1 Å². The lowest BCUT2D eigenvalue weighted by atomic mass is 10.0. The molecule has 27 heavy (non-hydrogen) atoms. The highest BCUT2D eigenvalue weighted by Gasteiger charge is 2.34. The average Bonchev–Trinajstić information content (AvgIpc) is 3.28. The molecule has 3 aromatic rings. The number of piperidine rings is 1. The lowest BCUT2D eigenvalue weighted by molar-refractivity contribution is -0.141. The molecule has 1 amide bonds. The van der Waals surface area contributed by atoms with Gasteiger partial charge in [-0.3, -0.25) is 9.48 Å². The van der Waals surface area contributed by atoms with Crippen molar-refractivity contribution in [3.05, 3.63) is 54.2 Å². The zero-order valence-corrected chi connectivity index (χ0v) is 14.4. The van der Waals surface area contributed by atoms with Crippen LogP contribution in [0.5, 0.6) is 0 Å². The first-order chi connectivity index (χ1) is 12.9. The smallest absolute Gasteiger partial charge is 0.342 e. The number of alkyl halides is 3. The third kappa shape index (κ3) is 3.67. The third-order valence-corrected chi connectivity index (χ3v) is 4.84. The van der Waals surface area contributed by atoms with Crippen LogP contribution in [0.3, 0.4) is 0 Å². The van der Waals surface area contributed by atoms with Gasteiger partial charge in [0.25, 0.3) is 0 Å². The number of aromatic nitrogens is 4. The zero-order chi connectivity index (χ0) is 19.0. The molecule has 4 rings (SSSR count). The van der Waals surface area contributed by atoms with Crippen molar-refractivity contribution in [2.24, 2.45) is 0 Å². The predicted octanol–water partition coefficient (Wildman–Crippen LogP) is 2.96. The summed E-state index contributed by atoms with van der Waals surface area (Å²) >= 11 is 0. The number of rotatable bonds is 3. The molecule has 0 spiro atoms. The van der Waals surface area contributed by atoms with E-state index in [-0.39, 0.29) is 18.4 Å². The summed E-state index contributed by atoms with van der Waals surface area (Å²) in [6.07, 6.45) is 2.01. The van der Waals surface area contributed by atoms with Crippen LogP contribution in [0, 0.1) is 0 Å². The Morgan fingerprint density at radius 2 is 1.93 bits per heavy atom. The van der Waals surface area contributed by atoms with Crippen LogP contribution in [0.15, 0.2) is 42.9 Å². The highest BCUT2D eigenvalue weighted by molar-refractivity contribution is 5.78. The van der Waals surface area contributed by atoms with Gasteiger partial charge in [-0.1, -0.05) is 6.07 Å². The van der Waals surface area contributed by atoms with Gasteiger partial charge in [0.2, 0.25) is 5.91 Å². The van der Waals surface area contributed by atoms with Crippen molar-refractivity contribution in [2.75, 3.05) is 13.1 Å². The van der Waals surface area contributed by atoms with E-state index >= 15 is 0 Å². The standard InChI is InChI=1S/C18H18F3N5O/c19-18(20,21)15-6-10-26(23-15)14-4-8-24(9-5-14)17(27)11-13-12-25-7-2-1-3-16(25)22-13/h1-3,6-7,10,12,14H,4-5,8-9,11H2. The molecule has 0 aromatic carbocycles. The van der Waals surface area contributed by atoms with E-state index in [4.69, 9.17) is 0 Å². The molecule has 1 aliphatic rings. The second kappa shape index (κ2) is 6.71. The van der Waals surface area contributed by atoms with Crippen LogP contribution >= 0.6 is 0 Å². The van der Waals surface area contributed by atoms with E-state index < -0.39 is 11.9 Å². The Morgan fingerprint density at radius 3 is 2.59 bits per heavy atom. The lowest BCUT2D eigenvalue weighted by Crippen LogP contribution is -2.40. The summed E-state index contributed by atoms with van der Waals surface area (Å²) in [6, 6.07) is 6.52. The molecule has 1 fully saturated rings. The van der Waals surface area contributed by atoms with E-state index in [1.54, 1.807) is 4.90 Å². The Kier molecular flexibility index (Phi) is 4.37. The van der Waals surface area contributed by atoms with Crippen LogP contribution in [0.25, 0.3) is 5.65 Å². The molecule has 1 saturated heterocycles. The van der Waals surface area contributed by atoms with Crippen LogP contribution in [0.4, 0.5) is 13.2 Å². The number of carbonyl (C=O) groups excluding carboxylic acids is 1. The molecular formula is C18H18F3N5O. The quantitative estimate of drug-likeness (QED) is 0.705. The Bertz CT molecular complexity index is 920. The van der Waals surface area contributed by atoms with Gasteiger partial charge in [0, 0.05) is 31.7 Å². The monoisotopic (exact) mass is 377 g/mol. The van der Waals surface area contributed by atoms with E-state index in [9.17, 15) is 18.0 Å². The minimum absolute atomic E-state index is 0.0201. The Balaban J connectivity index is 1.35. The number of hydrogen-bond acceptors (Lipinski definition) is 3. The van der Waals surface area contributed by atoms with Crippen molar-refractivity contribution in [2.45, 2.75) is 31.5 Å². The van der Waals surface area contributed by atoms with E-state index in [0.29, 0.717) is 31.6 Å². The van der Waals surface area contributed by atoms with E-state index in [1.807, 2.05) is 35.0 Å². The number of pyridine rings is 1. The summed E-state index contributed by atoms with van der Waals surface area (Å²) in [5, 5.41) is 3.64. The van der Waals surface area contributed by atoms with Gasteiger partial charge in [0.1, 0.15) is 5.65 Å². The summed E-state index contributed by atoms with van der Waals surface area (Å²) in [7, 11) is 0. The fourth-order valence-corrected chi connectivity index (χ4v) is 3.41. The molecule has 3 aromatic heterocycles. The van der Waals surface area contributed by atoms with Crippen molar-refractivity contribution in [3.8, 4) is 0 Å². The van der Waals surface area contributed by atoms with Crippen LogP contribution in [0.1, 0.15) is 30.3 Å². The molecule has 0 N–H and O–H groups in total. The molecule has 0 aliphatic carbocycles. The molecule has 142 valence electrons. The van der Waals surface area contributed by atoms with Crippen molar-refractivity contribution >= 4 is 11.6 Å². The molecule has 0 unspecified atom stereocenters. The van der Waals surface area contributed by atoms with Gasteiger partial charge in [0.15, 0.2) is 5.69 Å². The first-order valence-corrected chi connectivity index (χ1v) is 8.73. The van der Waals surface area contributed by atoms with Gasteiger partial charge in [0.05, 0.1) is 18.2 Å². The second-order valence-corrected chi connectivity index (χ2v) is 6.67. The Hall–Kier alpha value is -2.84. The number of fused-ring (bicyclic) bond motifs is 1. The number of hydrogen-bond donors (Lipinski definition) is 0. The van der Waals surface area contributed by atoms with Gasteiger partial charge in [-0.05, 0) is 31.0 Å². The summed E-state index contributed by atoms with van der Waals surface area (Å²) in [5.41, 5.74) is 0.612. The maximum atomic E-state index is 12.7. The van der Waals surface area contributed by atoms with Crippen molar-refractivity contribution < 1.29 is 18.0 Å². The summed E-state index contributed by atoms with van der Waals surface area (Å²) < 4.78 is 41.3. The summed E-state index contributed by atoms with van der Waals surface area (Å²) in [4.78, 5) is 18.7. The number of imidazole rings is 1. The number of amides is 1. The van der Waals surface area contributed by atoms with Crippen LogP contribution < -0.4 is 0 Å². The number of halogens is 3. The Morgan fingerprint density at radius 1 is 1.15 bits per heavy atom. The number of carbonyl (C=O) groups is 1. The van der Waals surface area contributed by atoms with Crippen molar-refractivity contribution in [3.63, 3.8) is 0 Å². The van der Waals surface area contributed by atoms with Crippen LogP contribution in [-0.2, 0) is 17.4 Å². The van der Waals surface area contributed by atoms with E-state index in [0.717, 1.165) is 11.7 Å². The zero-order valence-electron chi connectivity index (χ0n) is 14.4. The molecule has 6 nitrogen and oxygen atoms in total. The number of likely N-dealkylation sites (tertiary alicyclic amines) is 1. The van der Waals surface area contributed by atoms with E-state index in [1.165, 1.54) is 10.9 Å². The topological polar surface area (TPSA) is 55.4 Å². The lowest BCUT2D eigenvalue weighted by Gasteiger charge is -2.32. The highest BCUT2D eigenvalue weighted by atomic mass is 19.4. The molecule has 0 saturated carbocycles. The predicted molar refractivity (Wildman–Crippen MR) is 91.0 cm³/mol. The highest BCUT2D eigenvalue weighted by Crippen LogP contribution is 2.29. The average molecular weight is 377 g/mol. The minimum atomic E-state index is -4.43. The second-order valence-electron chi connectivity index (χ2n) is 6.67. The first kappa shape index (κ1) is 17.6. The maximum Gasteiger partial charge on any atom is 0.435 e. The molecule has 9 heteroatoms. The molecule has 0 bridgehead atoms. The maximum absolute atomic E-state index is 12.7. The number of nitrogens with zero attached hydrogens (tertiary/aromatic N) is 5. The summed E-state index contributed by atoms with van der Waals surface area (Å²) in [6.45, 7) is 0.996. The van der Waals surface area contributed by atoms with Gasteiger partial charge < -0.3 is 9.30 Å². The third-order valence-electron chi connectivity index (χ3n) is 4.84. The fraction of sp³-hybridized carbons (Fsp3) is 0.389. The molecule has 0 radical (unpaired) electrons. The minimum Gasteiger partial charge on any atom is -0.342 e. The summed E-state index contributed by atoms with van der Waals surface area (Å²) in [5.74, 6) is -0.0201. The molecular weight excluding hydrogens is 359 g/mol. The molecule has 4 heterocycles. The molecule has 1 aliphatic heterocycles. The first-order valence-electron chi connectivity index (χ1n) is 8.73. The largest absolute Gasteiger partial charge is 0.435 e. The Labute approximate surface area is 153 Å². The van der Waals surface area contributed by atoms with Gasteiger partial charge in [-0.2, -0.15) is 18.3 Å². The molecule has 0 atom stereocenters. The normalized spacial score (nSPS) is 16.2. The van der Waals surface area contributed by atoms with Gasteiger partial charge >= 0.3 is 6.18 Å².